The molecule has 1 saturated heterocycles. The van der Waals surface area contributed by atoms with Gasteiger partial charge in [-0.2, -0.15) is 0 Å². The third kappa shape index (κ3) is 5.71. The lowest BCUT2D eigenvalue weighted by Crippen LogP contribution is -2.72. The van der Waals surface area contributed by atoms with Gasteiger partial charge in [0, 0.05) is 5.69 Å². The zero-order valence-electron chi connectivity index (χ0n) is 22.8. The third-order valence-corrected chi connectivity index (χ3v) is 12.9. The van der Waals surface area contributed by atoms with Crippen LogP contribution in [0.3, 0.4) is 0 Å². The van der Waals surface area contributed by atoms with Crippen LogP contribution in [-0.2, 0) is 20.6 Å². The summed E-state index contributed by atoms with van der Waals surface area (Å²) in [5, 5.41) is 0.0823. The molecule has 0 aromatic heterocycles. The summed E-state index contributed by atoms with van der Waals surface area (Å²) in [6, 6.07) is 17.7. The maximum absolute atomic E-state index is 13.6. The smallest absolute Gasteiger partial charge is 0.258 e. The summed E-state index contributed by atoms with van der Waals surface area (Å²) < 4.78 is 19.0. The summed E-state index contributed by atoms with van der Waals surface area (Å²) in [5.74, 6) is 1.22. The second-order valence-corrected chi connectivity index (χ2v) is 16.6. The molecule has 4 rings (SSSR count). The number of rotatable bonds is 9. The number of β-lactam (4-membered cyclic amide) rings is 1. The van der Waals surface area contributed by atoms with Crippen LogP contribution in [0.4, 0.5) is 5.69 Å². The number of benzene rings is 2. The Morgan fingerprint density at radius 1 is 0.972 bits per heavy atom. The first-order valence-corrected chi connectivity index (χ1v) is 16.3. The highest BCUT2D eigenvalue weighted by atomic mass is 28.4. The quantitative estimate of drug-likeness (QED) is 0.271. The maximum Gasteiger partial charge on any atom is 0.258 e. The van der Waals surface area contributed by atoms with Crippen LogP contribution >= 0.6 is 0 Å². The van der Waals surface area contributed by atoms with Gasteiger partial charge < -0.3 is 18.8 Å². The van der Waals surface area contributed by atoms with Crippen molar-refractivity contribution in [3.63, 3.8) is 0 Å². The minimum Gasteiger partial charge on any atom is -0.497 e. The van der Waals surface area contributed by atoms with E-state index in [4.69, 9.17) is 13.9 Å². The van der Waals surface area contributed by atoms with Crippen LogP contribution in [0, 0.1) is 5.92 Å². The van der Waals surface area contributed by atoms with Crippen LogP contribution < -0.4 is 9.64 Å². The molecule has 0 bridgehead atoms. The number of carbonyl (C=O) groups is 1. The molecule has 2 aromatic carbocycles. The summed E-state index contributed by atoms with van der Waals surface area (Å²) in [4.78, 5) is 15.6. The minimum atomic E-state index is -2.09. The van der Waals surface area contributed by atoms with E-state index in [1.54, 1.807) is 7.11 Å². The molecule has 2 fully saturated rings. The second-order valence-electron chi connectivity index (χ2n) is 11.9. The van der Waals surface area contributed by atoms with E-state index in [9.17, 15) is 4.79 Å². The third-order valence-electron chi connectivity index (χ3n) is 8.40. The van der Waals surface area contributed by atoms with Crippen LogP contribution in [-0.4, -0.2) is 39.6 Å². The maximum atomic E-state index is 13.6. The summed E-state index contributed by atoms with van der Waals surface area (Å²) in [5.41, 5.74) is 1.96. The number of methoxy groups -OCH3 is 1. The van der Waals surface area contributed by atoms with Gasteiger partial charge in [0.25, 0.3) is 5.91 Å². The lowest BCUT2D eigenvalue weighted by molar-refractivity contribution is -0.150. The first-order chi connectivity index (χ1) is 17.1. The molecule has 0 unspecified atom stereocenters. The van der Waals surface area contributed by atoms with Crippen molar-refractivity contribution < 1.29 is 18.7 Å². The molecule has 1 heterocycles. The minimum absolute atomic E-state index is 0.0146. The lowest BCUT2D eigenvalue weighted by Gasteiger charge is -2.54. The molecule has 0 radical (unpaired) electrons. The number of amides is 1. The Balaban J connectivity index is 1.68. The standard InChI is InChI=1S/C30H43NO4Si/c1-30(2,3)36(5,6)35-27(23-15-11-8-12-16-23)26-28(34-21-22-13-9-7-10-14-22)29(32)31(26)24-17-19-25(33-4)20-18-24/h7,9-10,13-14,17-20,23,26-28H,8,11-12,15-16,21H2,1-6H3/t26-,27-,28+/m1/s1. The average molecular weight is 510 g/mol. The number of hydrogen-bond donors (Lipinski definition) is 0. The van der Waals surface area contributed by atoms with Crippen LogP contribution in [0.2, 0.25) is 18.1 Å². The van der Waals surface area contributed by atoms with Gasteiger partial charge in [-0.15, -0.1) is 0 Å². The molecule has 1 saturated carbocycles. The first kappa shape index (κ1) is 26.9. The van der Waals surface area contributed by atoms with Crippen molar-refractivity contribution in [3.8, 4) is 5.75 Å². The second kappa shape index (κ2) is 11.1. The largest absolute Gasteiger partial charge is 0.497 e. The van der Waals surface area contributed by atoms with Crippen molar-refractivity contribution in [2.75, 3.05) is 12.0 Å². The van der Waals surface area contributed by atoms with Crippen LogP contribution in [0.5, 0.6) is 5.75 Å². The Morgan fingerprint density at radius 2 is 1.61 bits per heavy atom. The van der Waals surface area contributed by atoms with Gasteiger partial charge in [0.05, 0.1) is 25.9 Å². The monoisotopic (exact) mass is 509 g/mol. The van der Waals surface area contributed by atoms with Crippen molar-refractivity contribution in [1.29, 1.82) is 0 Å². The lowest BCUT2D eigenvalue weighted by atomic mass is 9.78. The van der Waals surface area contributed by atoms with Crippen molar-refractivity contribution in [3.05, 3.63) is 60.2 Å². The van der Waals surface area contributed by atoms with E-state index in [0.717, 1.165) is 29.8 Å². The van der Waals surface area contributed by atoms with E-state index in [1.807, 2.05) is 59.5 Å². The van der Waals surface area contributed by atoms with Crippen molar-refractivity contribution in [2.45, 2.75) is 95.9 Å². The molecular weight excluding hydrogens is 466 g/mol. The van der Waals surface area contributed by atoms with Gasteiger partial charge >= 0.3 is 0 Å². The summed E-state index contributed by atoms with van der Waals surface area (Å²) >= 11 is 0. The molecule has 2 aliphatic rings. The predicted octanol–water partition coefficient (Wildman–Crippen LogP) is 6.97. The van der Waals surface area contributed by atoms with E-state index in [2.05, 4.69) is 33.9 Å². The average Bonchev–Trinajstić information content (AvgIpc) is 2.87. The fourth-order valence-corrected chi connectivity index (χ4v) is 6.57. The highest BCUT2D eigenvalue weighted by Gasteiger charge is 2.56. The van der Waals surface area contributed by atoms with E-state index in [1.165, 1.54) is 19.3 Å². The van der Waals surface area contributed by atoms with E-state index >= 15 is 0 Å². The number of carbonyl (C=O) groups excluding carboxylic acids is 1. The van der Waals surface area contributed by atoms with E-state index < -0.39 is 14.4 Å². The van der Waals surface area contributed by atoms with Gasteiger partial charge in [0.15, 0.2) is 14.4 Å². The molecule has 0 spiro atoms. The number of nitrogens with zero attached hydrogens (tertiary/aromatic N) is 1. The molecule has 1 amide bonds. The summed E-state index contributed by atoms with van der Waals surface area (Å²) in [7, 11) is -0.435. The Hall–Kier alpha value is -2.15. The van der Waals surface area contributed by atoms with Gasteiger partial charge in [-0.3, -0.25) is 4.79 Å². The topological polar surface area (TPSA) is 48.0 Å². The van der Waals surface area contributed by atoms with E-state index in [0.29, 0.717) is 12.5 Å². The van der Waals surface area contributed by atoms with Crippen LogP contribution in [0.1, 0.15) is 58.4 Å². The molecule has 0 N–H and O–H groups in total. The van der Waals surface area contributed by atoms with Crippen molar-refractivity contribution in [2.24, 2.45) is 5.92 Å². The molecule has 2 aromatic rings. The fraction of sp³-hybridized carbons (Fsp3) is 0.567. The van der Waals surface area contributed by atoms with Gasteiger partial charge in [-0.1, -0.05) is 70.4 Å². The van der Waals surface area contributed by atoms with E-state index in [-0.39, 0.29) is 23.1 Å². The summed E-state index contributed by atoms with van der Waals surface area (Å²) in [6.45, 7) is 11.9. The molecule has 1 aliphatic heterocycles. The van der Waals surface area contributed by atoms with Crippen LogP contribution in [0.15, 0.2) is 54.6 Å². The Morgan fingerprint density at radius 3 is 2.19 bits per heavy atom. The highest BCUT2D eigenvalue weighted by Crippen LogP contribution is 2.44. The van der Waals surface area contributed by atoms with Crippen molar-refractivity contribution >= 4 is 19.9 Å². The number of hydrogen-bond acceptors (Lipinski definition) is 4. The number of ether oxygens (including phenoxy) is 2. The van der Waals surface area contributed by atoms with Gasteiger partial charge in [0.2, 0.25) is 0 Å². The van der Waals surface area contributed by atoms with Crippen LogP contribution in [0.25, 0.3) is 0 Å². The molecule has 5 nitrogen and oxygen atoms in total. The highest BCUT2D eigenvalue weighted by molar-refractivity contribution is 6.74. The molecule has 6 heteroatoms. The normalized spacial score (nSPS) is 22.3. The Bertz CT molecular complexity index is 996. The molecule has 36 heavy (non-hydrogen) atoms. The van der Waals surface area contributed by atoms with Gasteiger partial charge in [0.1, 0.15) is 5.75 Å². The molecule has 3 atom stereocenters. The van der Waals surface area contributed by atoms with Gasteiger partial charge in [-0.05, 0) is 66.7 Å². The van der Waals surface area contributed by atoms with Crippen molar-refractivity contribution in [1.82, 2.24) is 0 Å². The molecule has 1 aliphatic carbocycles. The molecular formula is C30H43NO4Si. The zero-order chi connectivity index (χ0) is 25.9. The fourth-order valence-electron chi connectivity index (χ4n) is 5.20. The summed E-state index contributed by atoms with van der Waals surface area (Å²) in [6.07, 6.45) is 5.46. The first-order valence-electron chi connectivity index (χ1n) is 13.4. The Labute approximate surface area is 218 Å². The Kier molecular flexibility index (Phi) is 8.27. The number of anilines is 1. The predicted molar refractivity (Wildman–Crippen MR) is 148 cm³/mol. The van der Waals surface area contributed by atoms with Gasteiger partial charge in [-0.25, -0.2) is 0 Å². The SMILES string of the molecule is COc1ccc(N2C(=O)[C@@H](OCc3ccccc3)[C@H]2[C@H](O[Si](C)(C)C(C)(C)C)C2CCCCC2)cc1. The molecule has 196 valence electrons. The zero-order valence-corrected chi connectivity index (χ0v) is 23.8.